The molecule has 0 radical (unpaired) electrons. The van der Waals surface area contributed by atoms with Crippen LogP contribution in [0.3, 0.4) is 0 Å². The van der Waals surface area contributed by atoms with E-state index in [2.05, 4.69) is 79.7 Å². The summed E-state index contributed by atoms with van der Waals surface area (Å²) in [5.41, 5.74) is 0. The van der Waals surface area contributed by atoms with E-state index in [1.54, 1.807) is 0 Å². The second-order valence-electron chi connectivity index (χ2n) is 40.6. The van der Waals surface area contributed by atoms with Crippen molar-refractivity contribution < 1.29 is 219 Å². The Morgan fingerprint density at radius 1 is 0.140 bits per heavy atom. The van der Waals surface area contributed by atoms with Crippen molar-refractivity contribution in [2.45, 2.75) is 672 Å². The van der Waals surface area contributed by atoms with E-state index < -0.39 is 30.4 Å². The normalized spacial score (nSPS) is 13.1. The Morgan fingerprint density at radius 2 is 0.228 bits per heavy atom. The second kappa shape index (κ2) is 137. The predicted molar refractivity (Wildman–Crippen MR) is 589 cm³/mol. The molecule has 4 unspecified atom stereocenters. The van der Waals surface area contributed by atoms with Gasteiger partial charge in [0.2, 0.25) is 0 Å². The molecule has 0 aliphatic carbocycles. The van der Waals surface area contributed by atoms with E-state index in [1.165, 1.54) is 507 Å². The van der Waals surface area contributed by atoms with Crippen LogP contribution in [0.5, 0.6) is 0 Å². The first kappa shape index (κ1) is 157. The van der Waals surface area contributed by atoms with E-state index in [0.717, 1.165) is 109 Å². The van der Waals surface area contributed by atoms with Crippen molar-refractivity contribution in [3.63, 3.8) is 0 Å². The summed E-state index contributed by atoms with van der Waals surface area (Å²) in [6.07, 6.45) is 133. The van der Waals surface area contributed by atoms with Gasteiger partial charge in [-0.25, -0.2) is 0 Å². The number of hydrogen-bond acceptors (Lipinski definition) is 8. The third kappa shape index (κ3) is 150. The van der Waals surface area contributed by atoms with Crippen molar-refractivity contribution in [3.8, 4) is 0 Å². The zero-order chi connectivity index (χ0) is 97.2. The first-order valence-corrected chi connectivity index (χ1v) is 66.7. The van der Waals surface area contributed by atoms with Gasteiger partial charge in [-0.15, -0.1) is 0 Å². The monoisotopic (exact) mass is 2520 g/mol. The molecule has 0 heterocycles. The van der Waals surface area contributed by atoms with Crippen LogP contribution in [0.15, 0.2) is 24.3 Å². The van der Waals surface area contributed by atoms with Gasteiger partial charge in [0.1, 0.15) is 0 Å². The molecule has 0 aromatic rings. The van der Waals surface area contributed by atoms with Crippen molar-refractivity contribution in [2.24, 2.45) is 0 Å². The number of allylic oxidation sites excluding steroid dienone is 4. The summed E-state index contributed by atoms with van der Waals surface area (Å²) in [7, 11) is -13.4. The standard InChI is InChI=1S/C36H75O3P.C36H71O3P.C24H51O3P.C20H43O3P.4Nd/c2*1-3-5-7-9-11-13-15-17-19-21-23-25-27-29-31-33-35-39-40(37,38)36-34-32-30-28-26-24-22-20-18-16-14-12-10-8-6-4-2;1-3-5-7-9-11-13-15-17-19-21-23-27-28(25,26)24-22-20-18-16-14-12-10-8-6-4-2;1-3-5-7-9-11-13-15-17-19-23-24(21,22)20-18-16-14-12-10-8-6-4-2;;;;/h3-36H2,1-2H3,(H,37,38);17-20H,3-16,21-36H2,1-2H3,(H,37,38);3-24H2,1-2H3,(H,25,26);3-20H2,1-2H3,(H,21,22);;;;/b;19-17-,20-18-;;;;;;. The van der Waals surface area contributed by atoms with Crippen molar-refractivity contribution in [1.82, 2.24) is 0 Å². The first-order valence-electron chi connectivity index (χ1n) is 59.6. The molecule has 20 heteroatoms. The SMILES string of the molecule is CCCCCCCC/C=C\CCCCCCCCOP(=O)(O)CCCCCCCC/C=C\CCCCCCCC.CCCCCCCCCCCCCCCCCCOP(=O)(O)CCCCCCCCCCCCCCCCCC.CCCCCCCCCCCCOP(=O)(O)CCCCCCCCCCCC.CCCCCCCCCCOP(=O)(O)CCCCCCCCCC.[Nd].[Nd].[Nd].[Nd]. The van der Waals surface area contributed by atoms with Crippen LogP contribution in [0.4, 0.5) is 0 Å². The minimum absolute atomic E-state index is 0. The molecule has 0 aromatic heterocycles. The maximum Gasteiger partial charge on any atom is 0.328 e. The van der Waals surface area contributed by atoms with E-state index in [9.17, 15) is 37.8 Å². The van der Waals surface area contributed by atoms with E-state index in [4.69, 9.17) is 18.1 Å². The number of hydrogen-bond donors (Lipinski definition) is 4. The summed E-state index contributed by atoms with van der Waals surface area (Å²) in [6, 6.07) is 0. The van der Waals surface area contributed by atoms with Gasteiger partial charge in [-0.1, -0.05) is 593 Å². The molecule has 4 N–H and O–H groups in total. The van der Waals surface area contributed by atoms with Gasteiger partial charge in [-0.2, -0.15) is 0 Å². The van der Waals surface area contributed by atoms with Crippen LogP contribution in [-0.2, 0) is 36.4 Å². The molecule has 0 rings (SSSR count). The predicted octanol–water partition coefficient (Wildman–Crippen LogP) is 43.5. The third-order valence-corrected chi connectivity index (χ3v) is 32.5. The largest absolute Gasteiger partial charge is 0.328 e. The van der Waals surface area contributed by atoms with Gasteiger partial charge in [-0.05, 0) is 103 Å². The van der Waals surface area contributed by atoms with Crippen molar-refractivity contribution in [1.29, 1.82) is 0 Å². The Balaban J connectivity index is -0.000000270. The number of unbranched alkanes of at least 4 members (excludes halogenated alkanes) is 86. The molecule has 812 valence electrons. The van der Waals surface area contributed by atoms with Crippen LogP contribution < -0.4 is 0 Å². The molecule has 0 aromatic carbocycles. The van der Waals surface area contributed by atoms with E-state index in [-0.39, 0.29) is 163 Å². The second-order valence-corrected chi connectivity index (χ2v) is 48.5. The fraction of sp³-hybridized carbons (Fsp3) is 0.966. The zero-order valence-corrected chi connectivity index (χ0v) is 109. The van der Waals surface area contributed by atoms with Crippen LogP contribution in [-0.4, -0.2) is 70.6 Å². The molecule has 0 saturated carbocycles. The van der Waals surface area contributed by atoms with Crippen molar-refractivity contribution >= 4 is 30.4 Å². The van der Waals surface area contributed by atoms with Gasteiger partial charge in [0.05, 0.1) is 26.4 Å². The summed E-state index contributed by atoms with van der Waals surface area (Å²) in [5.74, 6) is 0. The van der Waals surface area contributed by atoms with E-state index >= 15 is 0 Å². The molecule has 0 aliphatic rings. The Bertz CT molecular complexity index is 2390. The molecule has 0 bridgehead atoms. The van der Waals surface area contributed by atoms with Crippen LogP contribution >= 0.6 is 30.4 Å². The van der Waals surface area contributed by atoms with Gasteiger partial charge in [0.25, 0.3) is 0 Å². The van der Waals surface area contributed by atoms with Gasteiger partial charge in [0.15, 0.2) is 0 Å². The molecule has 0 amide bonds. The van der Waals surface area contributed by atoms with Crippen LogP contribution in [0.2, 0.25) is 0 Å². The van der Waals surface area contributed by atoms with Crippen LogP contribution in [0.25, 0.3) is 0 Å². The van der Waals surface area contributed by atoms with E-state index in [0.29, 0.717) is 51.1 Å². The first-order chi connectivity index (χ1) is 64.5. The Kier molecular flexibility index (Phi) is 157. The Hall–Kier alpha value is 5.48. The zero-order valence-electron chi connectivity index (χ0n) is 92.7. The molecule has 12 nitrogen and oxygen atoms in total. The molecule has 136 heavy (non-hydrogen) atoms. The average Bonchev–Trinajstić information content (AvgIpc) is 0.954. The van der Waals surface area contributed by atoms with Crippen molar-refractivity contribution in [3.05, 3.63) is 24.3 Å². The summed E-state index contributed by atoms with van der Waals surface area (Å²) in [6.45, 7) is 19.9. The Labute approximate surface area is 984 Å². The van der Waals surface area contributed by atoms with Gasteiger partial charge < -0.3 is 37.7 Å². The summed E-state index contributed by atoms with van der Waals surface area (Å²) >= 11 is 0. The molecule has 0 aliphatic heterocycles. The quantitative estimate of drug-likeness (QED) is 0.0257. The summed E-state index contributed by atoms with van der Waals surface area (Å²) in [5, 5.41) is 0. The minimum atomic E-state index is -3.39. The topological polar surface area (TPSA) is 186 Å². The molecule has 4 atom stereocenters. The molecule has 0 fully saturated rings. The summed E-state index contributed by atoms with van der Waals surface area (Å²) < 4.78 is 69.8. The van der Waals surface area contributed by atoms with E-state index in [1.807, 2.05) is 0 Å². The minimum Gasteiger partial charge on any atom is -0.324 e. The van der Waals surface area contributed by atoms with Crippen LogP contribution in [0, 0.1) is 163 Å². The fourth-order valence-corrected chi connectivity index (χ4v) is 22.2. The fourth-order valence-electron chi connectivity index (χ4n) is 17.6. The molecule has 0 saturated heterocycles. The van der Waals surface area contributed by atoms with Gasteiger partial charge in [0, 0.05) is 188 Å². The molecular formula is C116H240Nd4O12P4. The third-order valence-electron chi connectivity index (χ3n) is 26.7. The maximum absolute atomic E-state index is 12.3. The van der Waals surface area contributed by atoms with Gasteiger partial charge in [-0.3, -0.25) is 18.3 Å². The summed E-state index contributed by atoms with van der Waals surface area (Å²) in [4.78, 5) is 39.9. The smallest absolute Gasteiger partial charge is 0.324 e. The Morgan fingerprint density at radius 3 is 0.338 bits per heavy atom. The molecule has 0 spiro atoms. The molecular weight excluding hydrogens is 2290 g/mol. The average molecular weight is 2530 g/mol. The number of rotatable bonds is 110. The van der Waals surface area contributed by atoms with Crippen LogP contribution in [0.1, 0.15) is 672 Å². The van der Waals surface area contributed by atoms with Crippen molar-refractivity contribution in [2.75, 3.05) is 51.1 Å². The van der Waals surface area contributed by atoms with Gasteiger partial charge >= 0.3 is 30.4 Å². The maximum atomic E-state index is 12.3.